The highest BCUT2D eigenvalue weighted by molar-refractivity contribution is 5.80. The first-order valence-corrected chi connectivity index (χ1v) is 7.09. The van der Waals surface area contributed by atoms with Crippen LogP contribution in [0.1, 0.15) is 13.8 Å². The summed E-state index contributed by atoms with van der Waals surface area (Å²) in [5.41, 5.74) is -0.162. The number of nitrogens with zero attached hydrogens (tertiary/aromatic N) is 2. The first-order valence-electron chi connectivity index (χ1n) is 7.09. The van der Waals surface area contributed by atoms with E-state index in [-0.39, 0.29) is 28.4 Å². The zero-order valence-corrected chi connectivity index (χ0v) is 14.6. The van der Waals surface area contributed by atoms with Crippen molar-refractivity contribution in [1.29, 1.82) is 0 Å². The highest BCUT2D eigenvalue weighted by atomic mass is 79.9. The number of benzene rings is 2. The summed E-state index contributed by atoms with van der Waals surface area (Å²) in [7, 11) is 0. The molecule has 0 atom stereocenters. The van der Waals surface area contributed by atoms with E-state index in [1.165, 1.54) is 24.3 Å². The number of halogens is 5. The van der Waals surface area contributed by atoms with Gasteiger partial charge in [0.1, 0.15) is 23.7 Å². The summed E-state index contributed by atoms with van der Waals surface area (Å²) in [5.74, 6) is -2.72. The number of anilines is 1. The minimum atomic E-state index is -0.698. The quantitative estimate of drug-likeness (QED) is 0.540. The molecule has 0 unspecified atom stereocenters. The lowest BCUT2D eigenvalue weighted by molar-refractivity contribution is -0.435. The minimum absolute atomic E-state index is 0. The van der Waals surface area contributed by atoms with E-state index >= 15 is 0 Å². The van der Waals surface area contributed by atoms with Crippen LogP contribution in [0.4, 0.5) is 28.9 Å². The van der Waals surface area contributed by atoms with Crippen molar-refractivity contribution in [3.05, 3.63) is 59.7 Å². The van der Waals surface area contributed by atoms with E-state index in [1.807, 2.05) is 13.8 Å². The average molecular weight is 403 g/mol. The maximum Gasteiger partial charge on any atom is 0.245 e. The second kappa shape index (κ2) is 6.55. The van der Waals surface area contributed by atoms with Gasteiger partial charge in [-0.05, 0) is 38.1 Å². The van der Waals surface area contributed by atoms with Gasteiger partial charge in [-0.25, -0.2) is 27.0 Å². The largest absolute Gasteiger partial charge is 1.00 e. The molecule has 0 fully saturated rings. The SMILES string of the molecule is CC1(C)C[N+](c2ccc(F)cc2F)=CN1c1ccc(F)cc1F.[Br-]. The Morgan fingerprint density at radius 3 is 2.08 bits per heavy atom. The van der Waals surface area contributed by atoms with Crippen LogP contribution in [0, 0.1) is 23.3 Å². The second-order valence-corrected chi connectivity index (χ2v) is 6.12. The van der Waals surface area contributed by atoms with Crippen LogP contribution in [0.3, 0.4) is 0 Å². The van der Waals surface area contributed by atoms with Crippen LogP contribution in [-0.4, -0.2) is 23.0 Å². The number of rotatable bonds is 2. The summed E-state index contributed by atoms with van der Waals surface area (Å²) < 4.78 is 55.8. The Labute approximate surface area is 147 Å². The van der Waals surface area contributed by atoms with Crippen LogP contribution < -0.4 is 21.9 Å². The molecule has 128 valence electrons. The zero-order valence-electron chi connectivity index (χ0n) is 13.0. The standard InChI is InChI=1S/C17H15F4N2.BrH/c1-17(2)9-22(15-5-3-11(18)7-13(15)20)10-23(17)16-6-4-12(19)8-14(16)21;/h3-8,10H,9H2,1-2H3;1H/q+1;/p-1. The van der Waals surface area contributed by atoms with Crippen molar-refractivity contribution in [3.63, 3.8) is 0 Å². The molecule has 2 aromatic carbocycles. The lowest BCUT2D eigenvalue weighted by Gasteiger charge is -2.23. The van der Waals surface area contributed by atoms with Gasteiger partial charge in [0.05, 0.1) is 0 Å². The Morgan fingerprint density at radius 1 is 0.917 bits per heavy atom. The second-order valence-electron chi connectivity index (χ2n) is 6.12. The van der Waals surface area contributed by atoms with Gasteiger partial charge in [0, 0.05) is 12.1 Å². The molecule has 0 aromatic heterocycles. The highest BCUT2D eigenvalue weighted by Crippen LogP contribution is 2.32. The minimum Gasteiger partial charge on any atom is -1.00 e. The van der Waals surface area contributed by atoms with Gasteiger partial charge in [0.2, 0.25) is 6.34 Å². The van der Waals surface area contributed by atoms with Crippen molar-refractivity contribution >= 4 is 17.7 Å². The predicted octanol–water partition coefficient (Wildman–Crippen LogP) is 1.22. The van der Waals surface area contributed by atoms with Gasteiger partial charge >= 0.3 is 0 Å². The third kappa shape index (κ3) is 3.31. The average Bonchev–Trinajstić information content (AvgIpc) is 2.74. The zero-order chi connectivity index (χ0) is 16.8. The first-order chi connectivity index (χ1) is 10.8. The maximum atomic E-state index is 14.1. The molecule has 1 aliphatic heterocycles. The molecular formula is C17H15BrF4N2. The van der Waals surface area contributed by atoms with Crippen LogP contribution in [0.25, 0.3) is 0 Å². The molecule has 0 saturated heterocycles. The third-order valence-corrected chi connectivity index (χ3v) is 3.85. The van der Waals surface area contributed by atoms with E-state index in [0.717, 1.165) is 12.1 Å². The van der Waals surface area contributed by atoms with Gasteiger partial charge in [-0.1, -0.05) is 0 Å². The van der Waals surface area contributed by atoms with E-state index in [2.05, 4.69) is 0 Å². The Bertz CT molecular complexity index is 805. The van der Waals surface area contributed by atoms with Crippen molar-refractivity contribution in [2.24, 2.45) is 0 Å². The molecule has 24 heavy (non-hydrogen) atoms. The van der Waals surface area contributed by atoms with Crippen LogP contribution in [0.2, 0.25) is 0 Å². The fourth-order valence-corrected chi connectivity index (χ4v) is 2.76. The van der Waals surface area contributed by atoms with Gasteiger partial charge in [-0.2, -0.15) is 0 Å². The Hall–Kier alpha value is -1.89. The van der Waals surface area contributed by atoms with E-state index in [0.29, 0.717) is 6.54 Å². The molecule has 0 amide bonds. The van der Waals surface area contributed by atoms with Gasteiger partial charge in [-0.15, -0.1) is 0 Å². The van der Waals surface area contributed by atoms with E-state index < -0.39 is 28.8 Å². The Morgan fingerprint density at radius 2 is 1.50 bits per heavy atom. The van der Waals surface area contributed by atoms with Crippen LogP contribution in [0.5, 0.6) is 0 Å². The molecule has 0 N–H and O–H groups in total. The fraction of sp³-hybridized carbons (Fsp3) is 0.235. The fourth-order valence-electron chi connectivity index (χ4n) is 2.76. The molecule has 0 aliphatic carbocycles. The molecule has 2 aromatic rings. The molecule has 1 heterocycles. The Kier molecular flexibility index (Phi) is 5.03. The molecule has 3 rings (SSSR count). The van der Waals surface area contributed by atoms with Crippen molar-refractivity contribution in [3.8, 4) is 0 Å². The molecule has 7 heteroatoms. The van der Waals surface area contributed by atoms with Crippen LogP contribution in [0.15, 0.2) is 36.4 Å². The smallest absolute Gasteiger partial charge is 0.245 e. The molecule has 0 radical (unpaired) electrons. The van der Waals surface area contributed by atoms with Crippen molar-refractivity contribution in [2.45, 2.75) is 19.4 Å². The number of hydrogen-bond donors (Lipinski definition) is 0. The van der Waals surface area contributed by atoms with Gasteiger partial charge in [0.25, 0.3) is 0 Å². The Balaban J connectivity index is 0.00000208. The summed E-state index contributed by atoms with van der Waals surface area (Å²) in [6, 6.07) is 6.62. The van der Waals surface area contributed by atoms with Gasteiger partial charge < -0.3 is 17.0 Å². The van der Waals surface area contributed by atoms with Crippen LogP contribution in [-0.2, 0) is 0 Å². The summed E-state index contributed by atoms with van der Waals surface area (Å²) in [6.45, 7) is 4.08. The van der Waals surface area contributed by atoms with E-state index in [1.54, 1.807) is 15.8 Å². The highest BCUT2D eigenvalue weighted by Gasteiger charge is 2.43. The molecule has 0 saturated carbocycles. The van der Waals surface area contributed by atoms with Gasteiger partial charge in [-0.3, -0.25) is 0 Å². The topological polar surface area (TPSA) is 6.25 Å². The van der Waals surface area contributed by atoms with Crippen molar-refractivity contribution in [1.82, 2.24) is 0 Å². The maximum absolute atomic E-state index is 14.1. The first kappa shape index (κ1) is 18.4. The van der Waals surface area contributed by atoms with Crippen molar-refractivity contribution in [2.75, 3.05) is 11.4 Å². The molecule has 1 aliphatic rings. The monoisotopic (exact) mass is 402 g/mol. The molecule has 0 bridgehead atoms. The summed E-state index contributed by atoms with van der Waals surface area (Å²) in [4.78, 5) is 1.62. The van der Waals surface area contributed by atoms with Crippen LogP contribution >= 0.6 is 0 Å². The normalized spacial score (nSPS) is 15.9. The summed E-state index contributed by atoms with van der Waals surface area (Å²) in [6.07, 6.45) is 1.55. The number of hydrogen-bond acceptors (Lipinski definition) is 1. The van der Waals surface area contributed by atoms with Gasteiger partial charge in [0.15, 0.2) is 23.0 Å². The lowest BCUT2D eigenvalue weighted by Crippen LogP contribution is -3.00. The molecule has 0 spiro atoms. The molecular weight excluding hydrogens is 388 g/mol. The predicted molar refractivity (Wildman–Crippen MR) is 80.1 cm³/mol. The van der Waals surface area contributed by atoms with E-state index in [4.69, 9.17) is 0 Å². The molecule has 2 nitrogen and oxygen atoms in total. The third-order valence-electron chi connectivity index (χ3n) is 3.85. The van der Waals surface area contributed by atoms with E-state index in [9.17, 15) is 17.6 Å². The lowest BCUT2D eigenvalue weighted by atomic mass is 10.0. The van der Waals surface area contributed by atoms with Crippen molar-refractivity contribution < 1.29 is 39.1 Å². The summed E-state index contributed by atoms with van der Waals surface area (Å²) in [5, 5.41) is 0. The summed E-state index contributed by atoms with van der Waals surface area (Å²) >= 11 is 0.